The van der Waals surface area contributed by atoms with Crippen LogP contribution in [0.1, 0.15) is 5.56 Å². The molecule has 0 saturated carbocycles. The molecule has 106 valence electrons. The minimum Gasteiger partial charge on any atom is -0.231 e. The van der Waals surface area contributed by atoms with Crippen LogP contribution in [0.15, 0.2) is 53.1 Å². The van der Waals surface area contributed by atoms with E-state index in [-0.39, 0.29) is 0 Å². The Labute approximate surface area is 141 Å². The molecule has 0 N–H and O–H groups in total. The molecule has 0 spiro atoms. The highest BCUT2D eigenvalue weighted by molar-refractivity contribution is 9.10. The number of hydrogen-bond acceptors (Lipinski definition) is 1. The number of nitrogens with zero attached hydrogens (tertiary/aromatic N) is 2. The second kappa shape index (κ2) is 5.84. The first-order chi connectivity index (χ1) is 10.1. The first-order valence-corrected chi connectivity index (χ1v) is 7.87. The second-order valence-electron chi connectivity index (χ2n) is 4.69. The van der Waals surface area contributed by atoms with Crippen molar-refractivity contribution in [2.45, 2.75) is 6.92 Å². The Balaban J connectivity index is 2.19. The van der Waals surface area contributed by atoms with Gasteiger partial charge in [0.05, 0.1) is 22.6 Å². The summed E-state index contributed by atoms with van der Waals surface area (Å²) in [5, 5.41) is 5.63. The molecule has 1 aromatic heterocycles. The van der Waals surface area contributed by atoms with Crippen LogP contribution in [0.2, 0.25) is 10.0 Å². The first-order valence-electron chi connectivity index (χ1n) is 6.32. The Morgan fingerprint density at radius 2 is 1.76 bits per heavy atom. The Kier molecular flexibility index (Phi) is 4.07. The summed E-state index contributed by atoms with van der Waals surface area (Å²) in [6.07, 6.45) is 1.84. The highest BCUT2D eigenvalue weighted by Crippen LogP contribution is 2.31. The molecule has 0 bridgehead atoms. The van der Waals surface area contributed by atoms with Gasteiger partial charge in [0.1, 0.15) is 0 Å². The van der Waals surface area contributed by atoms with Crippen molar-refractivity contribution in [1.82, 2.24) is 9.78 Å². The van der Waals surface area contributed by atoms with Gasteiger partial charge >= 0.3 is 0 Å². The van der Waals surface area contributed by atoms with Crippen LogP contribution >= 0.6 is 39.1 Å². The minimum atomic E-state index is 0.573. The number of aromatic nitrogens is 2. The quantitative estimate of drug-likeness (QED) is 0.538. The summed E-state index contributed by atoms with van der Waals surface area (Å²) < 4.78 is 2.89. The number of rotatable bonds is 2. The molecule has 0 aliphatic heterocycles. The first kappa shape index (κ1) is 14.6. The largest absolute Gasteiger partial charge is 0.231 e. The molecule has 1 heterocycles. The fourth-order valence-electron chi connectivity index (χ4n) is 2.22. The molecular weight excluding hydrogens is 371 g/mol. The van der Waals surface area contributed by atoms with Gasteiger partial charge in [0.25, 0.3) is 0 Å². The molecule has 0 amide bonds. The number of hydrogen-bond donors (Lipinski definition) is 0. The van der Waals surface area contributed by atoms with Gasteiger partial charge < -0.3 is 0 Å². The highest BCUT2D eigenvalue weighted by atomic mass is 79.9. The van der Waals surface area contributed by atoms with Crippen molar-refractivity contribution in [1.29, 1.82) is 0 Å². The van der Waals surface area contributed by atoms with Crippen molar-refractivity contribution in [3.05, 3.63) is 68.7 Å². The lowest BCUT2D eigenvalue weighted by atomic mass is 10.1. The summed E-state index contributed by atoms with van der Waals surface area (Å²) in [7, 11) is 0. The Morgan fingerprint density at radius 1 is 1.05 bits per heavy atom. The fraction of sp³-hybridized carbons (Fsp3) is 0.0625. The van der Waals surface area contributed by atoms with E-state index in [2.05, 4.69) is 33.2 Å². The maximum atomic E-state index is 6.31. The van der Waals surface area contributed by atoms with E-state index in [1.807, 2.05) is 42.1 Å². The molecule has 0 aliphatic rings. The molecule has 0 radical (unpaired) electrons. The highest BCUT2D eigenvalue weighted by Gasteiger charge is 2.14. The zero-order chi connectivity index (χ0) is 15.0. The number of benzene rings is 2. The number of halogens is 3. The molecule has 3 aromatic rings. The van der Waals surface area contributed by atoms with Gasteiger partial charge in [-0.05, 0) is 42.8 Å². The summed E-state index contributed by atoms with van der Waals surface area (Å²) in [6, 6.07) is 13.5. The fourth-order valence-corrected chi connectivity index (χ4v) is 2.98. The predicted octanol–water partition coefficient (Wildman–Crippen LogP) is 5.92. The van der Waals surface area contributed by atoms with Crippen LogP contribution in [0, 0.1) is 6.92 Å². The van der Waals surface area contributed by atoms with Crippen molar-refractivity contribution >= 4 is 39.1 Å². The maximum absolute atomic E-state index is 6.31. The van der Waals surface area contributed by atoms with Crippen molar-refractivity contribution in [3.8, 4) is 16.9 Å². The average molecular weight is 382 g/mol. The third kappa shape index (κ3) is 2.86. The third-order valence-corrected chi connectivity index (χ3v) is 4.27. The van der Waals surface area contributed by atoms with Gasteiger partial charge in [-0.2, -0.15) is 5.10 Å². The van der Waals surface area contributed by atoms with Gasteiger partial charge in [-0.15, -0.1) is 0 Å². The second-order valence-corrected chi connectivity index (χ2v) is 6.45. The molecule has 0 atom stereocenters. The van der Waals surface area contributed by atoms with E-state index < -0.39 is 0 Å². The molecule has 0 unspecified atom stereocenters. The van der Waals surface area contributed by atoms with Crippen molar-refractivity contribution in [2.24, 2.45) is 0 Å². The summed E-state index contributed by atoms with van der Waals surface area (Å²) in [4.78, 5) is 0. The van der Waals surface area contributed by atoms with Crippen LogP contribution in [0.4, 0.5) is 0 Å². The van der Waals surface area contributed by atoms with Crippen molar-refractivity contribution in [3.63, 3.8) is 0 Å². The van der Waals surface area contributed by atoms with E-state index in [4.69, 9.17) is 23.2 Å². The van der Waals surface area contributed by atoms with Crippen molar-refractivity contribution < 1.29 is 0 Å². The van der Waals surface area contributed by atoms with Gasteiger partial charge in [0.2, 0.25) is 0 Å². The normalized spacial score (nSPS) is 10.9. The molecule has 0 fully saturated rings. The topological polar surface area (TPSA) is 17.8 Å². The van der Waals surface area contributed by atoms with E-state index in [0.29, 0.717) is 10.0 Å². The SMILES string of the molecule is Cc1cnn(-c2ccc(Cl)cc2Cl)c1-c1ccc(Br)cc1. The smallest absolute Gasteiger partial charge is 0.0840 e. The molecule has 5 heteroatoms. The number of aryl methyl sites for hydroxylation is 1. The maximum Gasteiger partial charge on any atom is 0.0840 e. The molecule has 21 heavy (non-hydrogen) atoms. The van der Waals surface area contributed by atoms with Gasteiger partial charge in [0.15, 0.2) is 0 Å². The molecule has 2 aromatic carbocycles. The van der Waals surface area contributed by atoms with Crippen LogP contribution in [-0.4, -0.2) is 9.78 Å². The van der Waals surface area contributed by atoms with Crippen LogP contribution < -0.4 is 0 Å². The lowest BCUT2D eigenvalue weighted by Gasteiger charge is -2.11. The summed E-state index contributed by atoms with van der Waals surface area (Å²) in [5.41, 5.74) is 4.00. The van der Waals surface area contributed by atoms with Gasteiger partial charge in [0, 0.05) is 15.1 Å². The summed E-state index contributed by atoms with van der Waals surface area (Å²) in [6.45, 7) is 2.03. The Hall–Kier alpha value is -1.29. The molecule has 0 aliphatic carbocycles. The van der Waals surface area contributed by atoms with E-state index in [1.54, 1.807) is 6.07 Å². The standard InChI is InChI=1S/C16H11BrCl2N2/c1-10-9-20-21(15-7-6-13(18)8-14(15)19)16(10)11-2-4-12(17)5-3-11/h2-9H,1H3. The molecule has 2 nitrogen and oxygen atoms in total. The Morgan fingerprint density at radius 3 is 2.43 bits per heavy atom. The Bertz CT molecular complexity index is 795. The van der Waals surface area contributed by atoms with Crippen LogP contribution in [0.25, 0.3) is 16.9 Å². The van der Waals surface area contributed by atoms with Gasteiger partial charge in [-0.1, -0.05) is 51.3 Å². The van der Waals surface area contributed by atoms with Gasteiger partial charge in [-0.25, -0.2) is 4.68 Å². The lowest BCUT2D eigenvalue weighted by molar-refractivity contribution is 0.888. The van der Waals surface area contributed by atoms with Crippen LogP contribution in [0.3, 0.4) is 0 Å². The molecule has 0 saturated heterocycles. The monoisotopic (exact) mass is 380 g/mol. The minimum absolute atomic E-state index is 0.573. The van der Waals surface area contributed by atoms with Crippen molar-refractivity contribution in [2.75, 3.05) is 0 Å². The predicted molar refractivity (Wildman–Crippen MR) is 91.5 cm³/mol. The summed E-state index contributed by atoms with van der Waals surface area (Å²) >= 11 is 15.7. The van der Waals surface area contributed by atoms with Gasteiger partial charge in [-0.3, -0.25) is 0 Å². The summed E-state index contributed by atoms with van der Waals surface area (Å²) in [5.74, 6) is 0. The molecule has 3 rings (SSSR count). The lowest BCUT2D eigenvalue weighted by Crippen LogP contribution is -2.00. The zero-order valence-corrected chi connectivity index (χ0v) is 14.2. The van der Waals surface area contributed by atoms with E-state index in [1.165, 1.54) is 0 Å². The van der Waals surface area contributed by atoms with Crippen LogP contribution in [0.5, 0.6) is 0 Å². The molecular formula is C16H11BrCl2N2. The zero-order valence-electron chi connectivity index (χ0n) is 11.1. The third-order valence-electron chi connectivity index (χ3n) is 3.21. The van der Waals surface area contributed by atoms with E-state index in [9.17, 15) is 0 Å². The van der Waals surface area contributed by atoms with Crippen LogP contribution in [-0.2, 0) is 0 Å². The van der Waals surface area contributed by atoms with E-state index >= 15 is 0 Å². The average Bonchev–Trinajstić information content (AvgIpc) is 2.82. The van der Waals surface area contributed by atoms with E-state index in [0.717, 1.165) is 27.0 Å².